The van der Waals surface area contributed by atoms with Crippen LogP contribution in [0.4, 0.5) is 4.39 Å². The summed E-state index contributed by atoms with van der Waals surface area (Å²) in [5.41, 5.74) is 1.70. The molecule has 0 aliphatic rings. The molecule has 0 atom stereocenters. The average molecular weight is 366 g/mol. The number of halogens is 1. The molecule has 6 heteroatoms. The summed E-state index contributed by atoms with van der Waals surface area (Å²) in [5.74, 6) is 0.310. The fraction of sp³-hybridized carbons (Fsp3) is 0.100. The summed E-state index contributed by atoms with van der Waals surface area (Å²) in [7, 11) is 1.63. The molecule has 4 aromatic rings. The molecule has 0 unspecified atom stereocenters. The van der Waals surface area contributed by atoms with E-state index >= 15 is 0 Å². The van der Waals surface area contributed by atoms with Crippen LogP contribution in [0.3, 0.4) is 0 Å². The number of amides is 1. The molecule has 0 saturated heterocycles. The predicted octanol–water partition coefficient (Wildman–Crippen LogP) is 4.53. The molecule has 2 aromatic heterocycles. The highest BCUT2D eigenvalue weighted by atomic mass is 32.1. The molecule has 1 N–H and O–H groups in total. The van der Waals surface area contributed by atoms with Crippen molar-refractivity contribution in [2.45, 2.75) is 6.54 Å². The highest BCUT2D eigenvalue weighted by Crippen LogP contribution is 2.29. The van der Waals surface area contributed by atoms with Crippen molar-refractivity contribution in [2.24, 2.45) is 0 Å². The Kier molecular flexibility index (Phi) is 4.26. The first kappa shape index (κ1) is 16.5. The minimum absolute atomic E-state index is 0.168. The first-order valence-electron chi connectivity index (χ1n) is 8.03. The molecule has 0 saturated carbocycles. The van der Waals surface area contributed by atoms with Gasteiger partial charge in [-0.15, -0.1) is 11.3 Å². The zero-order chi connectivity index (χ0) is 18.1. The fourth-order valence-corrected chi connectivity index (χ4v) is 3.66. The van der Waals surface area contributed by atoms with E-state index in [9.17, 15) is 9.18 Å². The van der Waals surface area contributed by atoms with Gasteiger partial charge in [-0.3, -0.25) is 4.79 Å². The standard InChI is InChI=1S/C20H15FN2O2S/c1-25-16-6-7-17-13(9-16)8-14-10-18(26-20(14)23-17)19(24)22-11-12-2-4-15(21)5-3-12/h2-10H,11H2,1H3,(H,22,24). The van der Waals surface area contributed by atoms with Gasteiger partial charge in [-0.25, -0.2) is 9.37 Å². The van der Waals surface area contributed by atoms with E-state index in [0.717, 1.165) is 32.4 Å². The zero-order valence-corrected chi connectivity index (χ0v) is 14.8. The van der Waals surface area contributed by atoms with E-state index in [2.05, 4.69) is 10.3 Å². The molecule has 4 rings (SSSR count). The number of benzene rings is 2. The van der Waals surface area contributed by atoms with Gasteiger partial charge >= 0.3 is 0 Å². The number of rotatable bonds is 4. The number of carbonyl (C=O) groups excluding carboxylic acids is 1. The third-order valence-electron chi connectivity index (χ3n) is 4.10. The number of aromatic nitrogens is 1. The Labute approximate surface area is 153 Å². The number of nitrogens with one attached hydrogen (secondary N) is 1. The molecule has 26 heavy (non-hydrogen) atoms. The molecule has 0 fully saturated rings. The van der Waals surface area contributed by atoms with E-state index in [1.165, 1.54) is 23.5 Å². The number of thiophene rings is 1. The molecule has 0 radical (unpaired) electrons. The number of fused-ring (bicyclic) bond motifs is 2. The van der Waals surface area contributed by atoms with E-state index in [0.29, 0.717) is 11.4 Å². The van der Waals surface area contributed by atoms with Crippen molar-refractivity contribution in [3.05, 3.63) is 70.9 Å². The molecule has 0 bridgehead atoms. The number of ether oxygens (including phenoxy) is 1. The van der Waals surface area contributed by atoms with Crippen molar-refractivity contribution in [2.75, 3.05) is 7.11 Å². The first-order valence-corrected chi connectivity index (χ1v) is 8.85. The van der Waals surface area contributed by atoms with E-state index in [1.54, 1.807) is 19.2 Å². The number of nitrogens with zero attached hydrogens (tertiary/aromatic N) is 1. The van der Waals surface area contributed by atoms with Crippen LogP contribution in [0.2, 0.25) is 0 Å². The normalized spacial score (nSPS) is 11.0. The average Bonchev–Trinajstić information content (AvgIpc) is 3.08. The summed E-state index contributed by atoms with van der Waals surface area (Å²) in [6, 6.07) is 15.6. The second-order valence-corrected chi connectivity index (χ2v) is 6.89. The van der Waals surface area contributed by atoms with Gasteiger partial charge in [0, 0.05) is 17.3 Å². The number of hydrogen-bond donors (Lipinski definition) is 1. The second kappa shape index (κ2) is 6.72. The van der Waals surface area contributed by atoms with Gasteiger partial charge in [0.1, 0.15) is 16.4 Å². The lowest BCUT2D eigenvalue weighted by Crippen LogP contribution is -2.21. The Morgan fingerprint density at radius 1 is 1.12 bits per heavy atom. The topological polar surface area (TPSA) is 51.2 Å². The van der Waals surface area contributed by atoms with E-state index < -0.39 is 0 Å². The SMILES string of the molecule is COc1ccc2nc3sc(C(=O)NCc4ccc(F)cc4)cc3cc2c1. The van der Waals surface area contributed by atoms with Crippen molar-refractivity contribution in [1.29, 1.82) is 0 Å². The predicted molar refractivity (Wildman–Crippen MR) is 101 cm³/mol. The highest BCUT2D eigenvalue weighted by Gasteiger charge is 2.12. The zero-order valence-electron chi connectivity index (χ0n) is 14.0. The van der Waals surface area contributed by atoms with Crippen LogP contribution in [-0.2, 0) is 6.54 Å². The minimum atomic E-state index is -0.292. The van der Waals surface area contributed by atoms with Crippen molar-refractivity contribution in [3.63, 3.8) is 0 Å². The number of pyridine rings is 1. The summed E-state index contributed by atoms with van der Waals surface area (Å²) in [6.07, 6.45) is 0. The Morgan fingerprint density at radius 3 is 2.69 bits per heavy atom. The first-order chi connectivity index (χ1) is 12.6. The van der Waals surface area contributed by atoms with Gasteiger partial charge < -0.3 is 10.1 Å². The lowest BCUT2D eigenvalue weighted by Gasteiger charge is -2.03. The second-order valence-electron chi connectivity index (χ2n) is 5.86. The maximum atomic E-state index is 12.9. The van der Waals surface area contributed by atoms with E-state index in [-0.39, 0.29) is 11.7 Å². The van der Waals surface area contributed by atoms with Crippen molar-refractivity contribution < 1.29 is 13.9 Å². The Balaban J connectivity index is 1.58. The maximum absolute atomic E-state index is 12.9. The van der Waals surface area contributed by atoms with E-state index in [4.69, 9.17) is 4.74 Å². The van der Waals surface area contributed by atoms with E-state index in [1.807, 2.05) is 30.3 Å². The maximum Gasteiger partial charge on any atom is 0.261 e. The van der Waals surface area contributed by atoms with Crippen molar-refractivity contribution in [3.8, 4) is 5.75 Å². The lowest BCUT2D eigenvalue weighted by atomic mass is 10.2. The van der Waals surface area contributed by atoms with Gasteiger partial charge in [0.15, 0.2) is 0 Å². The van der Waals surface area contributed by atoms with Crippen LogP contribution in [-0.4, -0.2) is 18.0 Å². The number of hydrogen-bond acceptors (Lipinski definition) is 4. The lowest BCUT2D eigenvalue weighted by molar-refractivity contribution is 0.0955. The summed E-state index contributed by atoms with van der Waals surface area (Å²) in [4.78, 5) is 18.5. The summed E-state index contributed by atoms with van der Waals surface area (Å²) >= 11 is 1.35. The minimum Gasteiger partial charge on any atom is -0.497 e. The largest absolute Gasteiger partial charge is 0.497 e. The van der Waals surface area contributed by atoms with Crippen LogP contribution in [0.15, 0.2) is 54.6 Å². The van der Waals surface area contributed by atoms with Gasteiger partial charge in [0.05, 0.1) is 17.5 Å². The monoisotopic (exact) mass is 366 g/mol. The number of carbonyl (C=O) groups is 1. The quantitative estimate of drug-likeness (QED) is 0.577. The Morgan fingerprint density at radius 2 is 1.92 bits per heavy atom. The molecule has 1 amide bonds. The molecule has 2 aromatic carbocycles. The molecular weight excluding hydrogens is 351 g/mol. The number of methoxy groups -OCH3 is 1. The van der Waals surface area contributed by atoms with Crippen LogP contribution in [0.1, 0.15) is 15.2 Å². The molecule has 2 heterocycles. The fourth-order valence-electron chi connectivity index (χ4n) is 2.72. The smallest absolute Gasteiger partial charge is 0.261 e. The van der Waals surface area contributed by atoms with Crippen LogP contribution in [0.25, 0.3) is 21.1 Å². The summed E-state index contributed by atoms with van der Waals surface area (Å²) < 4.78 is 18.2. The van der Waals surface area contributed by atoms with Crippen LogP contribution in [0.5, 0.6) is 5.75 Å². The van der Waals surface area contributed by atoms with Gasteiger partial charge in [0.25, 0.3) is 5.91 Å². The van der Waals surface area contributed by atoms with Crippen molar-refractivity contribution >= 4 is 38.4 Å². The van der Waals surface area contributed by atoms with Crippen molar-refractivity contribution in [1.82, 2.24) is 10.3 Å². The third kappa shape index (κ3) is 3.23. The van der Waals surface area contributed by atoms with Gasteiger partial charge in [-0.05, 0) is 48.0 Å². The summed E-state index contributed by atoms with van der Waals surface area (Å²) in [5, 5.41) is 4.74. The molecule has 130 valence electrons. The highest BCUT2D eigenvalue weighted by molar-refractivity contribution is 7.20. The van der Waals surface area contributed by atoms with Crippen LogP contribution >= 0.6 is 11.3 Å². The molecule has 0 spiro atoms. The molecular formula is C20H15FN2O2S. The molecule has 0 aliphatic carbocycles. The van der Waals surface area contributed by atoms with Crippen LogP contribution < -0.4 is 10.1 Å². The molecule has 0 aliphatic heterocycles. The van der Waals surface area contributed by atoms with Gasteiger partial charge in [-0.1, -0.05) is 12.1 Å². The van der Waals surface area contributed by atoms with Gasteiger partial charge in [-0.2, -0.15) is 0 Å². The Bertz CT molecular complexity index is 1110. The van der Waals surface area contributed by atoms with Gasteiger partial charge in [0.2, 0.25) is 0 Å². The Hall–Kier alpha value is -2.99. The summed E-state index contributed by atoms with van der Waals surface area (Å²) in [6.45, 7) is 0.347. The molecule has 4 nitrogen and oxygen atoms in total. The third-order valence-corrected chi connectivity index (χ3v) is 5.14. The van der Waals surface area contributed by atoms with Crippen LogP contribution in [0, 0.1) is 5.82 Å².